The molecule has 0 aromatic carbocycles. The lowest BCUT2D eigenvalue weighted by atomic mass is 10.3. The normalized spacial score (nSPS) is 17.5. The van der Waals surface area contributed by atoms with E-state index in [2.05, 4.69) is 49.7 Å². The number of piperazine rings is 2. The van der Waals surface area contributed by atoms with Gasteiger partial charge in [-0.3, -0.25) is 4.68 Å². The Labute approximate surface area is 182 Å². The molecule has 10 heteroatoms. The lowest BCUT2D eigenvalue weighted by molar-refractivity contribution is 0.551. The molecule has 3 aromatic heterocycles. The van der Waals surface area contributed by atoms with Crippen LogP contribution in [0.25, 0.3) is 10.9 Å². The number of nitrogens with one attached hydrogen (secondary N) is 3. The maximum Gasteiger partial charge on any atom is 0.229 e. The van der Waals surface area contributed by atoms with Crippen LogP contribution in [-0.4, -0.2) is 77.1 Å². The van der Waals surface area contributed by atoms with E-state index in [0.717, 1.165) is 86.7 Å². The standard InChI is InChI=1S/C21H30N10/c1-15(2)31-17-11-18(24-13-16(17)14-25-31)26-19-12-20(29-7-3-22-4-8-29)28-21(27-19)30-9-5-23-6-10-30/h11-15,22-23H,3-10H2,1-2H3,(H,24,26,27,28). The highest BCUT2D eigenvalue weighted by Crippen LogP contribution is 2.25. The van der Waals surface area contributed by atoms with E-state index in [-0.39, 0.29) is 6.04 Å². The van der Waals surface area contributed by atoms with Crippen molar-refractivity contribution in [1.82, 2.24) is 35.4 Å². The van der Waals surface area contributed by atoms with Crippen LogP contribution in [-0.2, 0) is 0 Å². The Bertz CT molecular complexity index is 998. The molecule has 0 saturated carbocycles. The van der Waals surface area contributed by atoms with Gasteiger partial charge in [0.15, 0.2) is 0 Å². The molecule has 0 atom stereocenters. The number of fused-ring (bicyclic) bond motifs is 1. The predicted octanol–water partition coefficient (Wildman–Crippen LogP) is 1.37. The number of pyridine rings is 1. The summed E-state index contributed by atoms with van der Waals surface area (Å²) in [7, 11) is 0. The van der Waals surface area contributed by atoms with E-state index in [1.165, 1.54) is 0 Å². The fraction of sp³-hybridized carbons (Fsp3) is 0.524. The van der Waals surface area contributed by atoms with Gasteiger partial charge in [-0.1, -0.05) is 0 Å². The van der Waals surface area contributed by atoms with Gasteiger partial charge in [0, 0.05) is 82.1 Å². The first-order valence-corrected chi connectivity index (χ1v) is 11.1. The van der Waals surface area contributed by atoms with E-state index in [1.54, 1.807) is 0 Å². The van der Waals surface area contributed by atoms with Gasteiger partial charge in [0.2, 0.25) is 5.95 Å². The zero-order valence-corrected chi connectivity index (χ0v) is 18.2. The van der Waals surface area contributed by atoms with E-state index in [0.29, 0.717) is 0 Å². The van der Waals surface area contributed by atoms with Gasteiger partial charge in [0.05, 0.1) is 11.7 Å². The van der Waals surface area contributed by atoms with Crippen molar-refractivity contribution in [3.8, 4) is 0 Å². The van der Waals surface area contributed by atoms with Crippen LogP contribution in [0.2, 0.25) is 0 Å². The molecule has 2 aliphatic heterocycles. The fourth-order valence-electron chi connectivity index (χ4n) is 4.10. The Morgan fingerprint density at radius 1 is 0.871 bits per heavy atom. The monoisotopic (exact) mass is 422 g/mol. The molecule has 0 amide bonds. The number of anilines is 4. The Morgan fingerprint density at radius 2 is 1.58 bits per heavy atom. The van der Waals surface area contributed by atoms with Crippen molar-refractivity contribution in [3.63, 3.8) is 0 Å². The molecule has 0 radical (unpaired) electrons. The van der Waals surface area contributed by atoms with Gasteiger partial charge in [0.1, 0.15) is 17.5 Å². The van der Waals surface area contributed by atoms with Gasteiger partial charge >= 0.3 is 0 Å². The molecule has 0 unspecified atom stereocenters. The molecule has 31 heavy (non-hydrogen) atoms. The van der Waals surface area contributed by atoms with E-state index < -0.39 is 0 Å². The Kier molecular flexibility index (Phi) is 5.56. The highest BCUT2D eigenvalue weighted by Gasteiger charge is 2.19. The number of aromatic nitrogens is 5. The van der Waals surface area contributed by atoms with E-state index >= 15 is 0 Å². The Hall–Kier alpha value is -2.98. The summed E-state index contributed by atoms with van der Waals surface area (Å²) >= 11 is 0. The molecule has 2 saturated heterocycles. The van der Waals surface area contributed by atoms with Crippen molar-refractivity contribution in [2.24, 2.45) is 0 Å². The van der Waals surface area contributed by atoms with Crippen LogP contribution in [0.1, 0.15) is 19.9 Å². The first-order valence-electron chi connectivity index (χ1n) is 11.1. The second-order valence-corrected chi connectivity index (χ2v) is 8.32. The van der Waals surface area contributed by atoms with Gasteiger partial charge in [-0.25, -0.2) is 4.98 Å². The average Bonchev–Trinajstić information content (AvgIpc) is 3.24. The van der Waals surface area contributed by atoms with Crippen molar-refractivity contribution >= 4 is 34.3 Å². The molecule has 0 aliphatic carbocycles. The number of nitrogens with zero attached hydrogens (tertiary/aromatic N) is 7. The van der Waals surface area contributed by atoms with Crippen LogP contribution >= 0.6 is 0 Å². The SMILES string of the molecule is CC(C)n1ncc2cnc(Nc3cc(N4CCNCC4)nc(N4CCNCC4)n3)cc21. The van der Waals surface area contributed by atoms with Crippen molar-refractivity contribution in [3.05, 3.63) is 24.5 Å². The molecular weight excluding hydrogens is 392 g/mol. The third-order valence-electron chi connectivity index (χ3n) is 5.77. The summed E-state index contributed by atoms with van der Waals surface area (Å²) in [4.78, 5) is 18.9. The van der Waals surface area contributed by atoms with Gasteiger partial charge < -0.3 is 25.8 Å². The lowest BCUT2D eigenvalue weighted by Crippen LogP contribution is -2.45. The molecule has 0 bridgehead atoms. The molecular formula is C21H30N10. The lowest BCUT2D eigenvalue weighted by Gasteiger charge is -2.31. The maximum absolute atomic E-state index is 4.91. The maximum atomic E-state index is 4.91. The van der Waals surface area contributed by atoms with Gasteiger partial charge in [-0.2, -0.15) is 15.1 Å². The quantitative estimate of drug-likeness (QED) is 0.563. The minimum absolute atomic E-state index is 0.283. The first kappa shape index (κ1) is 20.0. The van der Waals surface area contributed by atoms with Crippen molar-refractivity contribution in [1.29, 1.82) is 0 Å². The van der Waals surface area contributed by atoms with Crippen LogP contribution in [0, 0.1) is 0 Å². The van der Waals surface area contributed by atoms with Crippen LogP contribution in [0.15, 0.2) is 24.5 Å². The molecule has 3 aromatic rings. The minimum atomic E-state index is 0.283. The topological polar surface area (TPSA) is 99.1 Å². The van der Waals surface area contributed by atoms with Crippen LogP contribution in [0.3, 0.4) is 0 Å². The van der Waals surface area contributed by atoms with Gasteiger partial charge in [-0.15, -0.1) is 0 Å². The van der Waals surface area contributed by atoms with Crippen molar-refractivity contribution in [2.75, 3.05) is 67.5 Å². The van der Waals surface area contributed by atoms with Crippen molar-refractivity contribution in [2.45, 2.75) is 19.9 Å². The summed E-state index contributed by atoms with van der Waals surface area (Å²) in [5, 5.41) is 15.8. The third-order valence-corrected chi connectivity index (χ3v) is 5.77. The van der Waals surface area contributed by atoms with Gasteiger partial charge in [-0.05, 0) is 13.8 Å². The van der Waals surface area contributed by atoms with E-state index in [9.17, 15) is 0 Å². The molecule has 164 valence electrons. The molecule has 10 nitrogen and oxygen atoms in total. The third kappa shape index (κ3) is 4.26. The minimum Gasteiger partial charge on any atom is -0.354 e. The van der Waals surface area contributed by atoms with E-state index in [4.69, 9.17) is 9.97 Å². The Balaban J connectivity index is 1.48. The fourth-order valence-corrected chi connectivity index (χ4v) is 4.10. The summed E-state index contributed by atoms with van der Waals surface area (Å²) in [6.07, 6.45) is 3.72. The highest BCUT2D eigenvalue weighted by atomic mass is 15.3. The Morgan fingerprint density at radius 3 is 2.29 bits per heavy atom. The first-order chi connectivity index (χ1) is 15.2. The molecule has 2 fully saturated rings. The van der Waals surface area contributed by atoms with E-state index in [1.807, 2.05) is 29.2 Å². The molecule has 2 aliphatic rings. The number of hydrogen-bond acceptors (Lipinski definition) is 9. The second kappa shape index (κ2) is 8.64. The number of rotatable bonds is 5. The van der Waals surface area contributed by atoms with Gasteiger partial charge in [0.25, 0.3) is 0 Å². The molecule has 0 spiro atoms. The summed E-state index contributed by atoms with van der Waals surface area (Å²) in [6.45, 7) is 11.8. The molecule has 5 rings (SSSR count). The highest BCUT2D eigenvalue weighted by molar-refractivity contribution is 5.81. The van der Waals surface area contributed by atoms with Crippen LogP contribution in [0.5, 0.6) is 0 Å². The summed E-state index contributed by atoms with van der Waals surface area (Å²) in [6, 6.07) is 4.35. The molecule has 5 heterocycles. The second-order valence-electron chi connectivity index (χ2n) is 8.32. The zero-order valence-electron chi connectivity index (χ0n) is 18.2. The summed E-state index contributed by atoms with van der Waals surface area (Å²) < 4.78 is 2.01. The average molecular weight is 423 g/mol. The predicted molar refractivity (Wildman–Crippen MR) is 123 cm³/mol. The van der Waals surface area contributed by atoms with Crippen LogP contribution in [0.4, 0.5) is 23.4 Å². The largest absolute Gasteiger partial charge is 0.354 e. The van der Waals surface area contributed by atoms with Crippen molar-refractivity contribution < 1.29 is 0 Å². The summed E-state index contributed by atoms with van der Waals surface area (Å²) in [5.74, 6) is 3.25. The van der Waals surface area contributed by atoms with Crippen LogP contribution < -0.4 is 25.8 Å². The summed E-state index contributed by atoms with van der Waals surface area (Å²) in [5.41, 5.74) is 1.06. The number of hydrogen-bond donors (Lipinski definition) is 3. The smallest absolute Gasteiger partial charge is 0.229 e. The zero-order chi connectivity index (χ0) is 21.2. The molecule has 3 N–H and O–H groups in total.